The van der Waals surface area contributed by atoms with Gasteiger partial charge in [-0.25, -0.2) is 14.8 Å². The van der Waals surface area contributed by atoms with Crippen LogP contribution in [0.25, 0.3) is 0 Å². The van der Waals surface area contributed by atoms with E-state index in [2.05, 4.69) is 30.9 Å². The Morgan fingerprint density at radius 2 is 1.87 bits per heavy atom. The Labute approximate surface area is 226 Å². The molecule has 39 heavy (non-hydrogen) atoms. The molecule has 14 heteroatoms. The summed E-state index contributed by atoms with van der Waals surface area (Å²) in [5.74, 6) is 0.116. The average Bonchev–Trinajstić information content (AvgIpc) is 3.35. The van der Waals surface area contributed by atoms with E-state index in [1.807, 2.05) is 0 Å². The molecule has 10 nitrogen and oxygen atoms in total. The van der Waals surface area contributed by atoms with Crippen LogP contribution in [0.3, 0.4) is 0 Å². The summed E-state index contributed by atoms with van der Waals surface area (Å²) < 4.78 is 50.8. The Morgan fingerprint density at radius 3 is 2.51 bits per heavy atom. The lowest BCUT2D eigenvalue weighted by molar-refractivity contribution is -0.137. The second kappa shape index (κ2) is 11.4. The fourth-order valence-electron chi connectivity index (χ4n) is 3.87. The summed E-state index contributed by atoms with van der Waals surface area (Å²) in [4.78, 5) is 37.8. The lowest BCUT2D eigenvalue weighted by atomic mass is 9.97. The molecule has 1 saturated heterocycles. The normalized spacial score (nSPS) is 17.0. The number of carbonyl (C=O) groups excluding carboxylic acids is 2. The van der Waals surface area contributed by atoms with Gasteiger partial charge in [0, 0.05) is 18.1 Å². The highest BCUT2D eigenvalue weighted by atomic mass is 35.5. The van der Waals surface area contributed by atoms with Gasteiger partial charge >= 0.3 is 12.3 Å². The molecule has 4 rings (SSSR count). The summed E-state index contributed by atoms with van der Waals surface area (Å²) in [6.07, 6.45) is -1.22. The minimum atomic E-state index is -4.60. The Balaban J connectivity index is 1.40. The van der Waals surface area contributed by atoms with Crippen LogP contribution in [0.2, 0.25) is 5.02 Å². The van der Waals surface area contributed by atoms with Gasteiger partial charge in [0.1, 0.15) is 11.4 Å². The Kier molecular flexibility index (Phi) is 8.21. The average molecular weight is 565 g/mol. The highest BCUT2D eigenvalue weighted by Crippen LogP contribution is 2.37. The van der Waals surface area contributed by atoms with Crippen molar-refractivity contribution < 1.29 is 32.2 Å². The third-order valence-corrected chi connectivity index (χ3v) is 6.17. The molecule has 0 spiro atoms. The van der Waals surface area contributed by atoms with Crippen molar-refractivity contribution in [3.8, 4) is 5.75 Å². The molecular formula is C25H24ClF3N6O4. The molecule has 0 unspecified atom stereocenters. The predicted octanol–water partition coefficient (Wildman–Crippen LogP) is 4.47. The van der Waals surface area contributed by atoms with E-state index in [1.165, 1.54) is 30.7 Å². The number of nitrogens with one attached hydrogen (secondary N) is 3. The quantitative estimate of drug-likeness (QED) is 0.384. The van der Waals surface area contributed by atoms with Crippen LogP contribution in [-0.4, -0.2) is 45.7 Å². The molecule has 0 bridgehead atoms. The van der Waals surface area contributed by atoms with Crippen molar-refractivity contribution in [3.63, 3.8) is 0 Å². The highest BCUT2D eigenvalue weighted by molar-refractivity contribution is 6.30. The topological polar surface area (TPSA) is 127 Å². The van der Waals surface area contributed by atoms with Gasteiger partial charge in [-0.2, -0.15) is 13.2 Å². The van der Waals surface area contributed by atoms with Crippen molar-refractivity contribution in [3.05, 3.63) is 70.5 Å². The molecular weight excluding hydrogens is 541 g/mol. The number of ether oxygens (including phenoxy) is 2. The number of aromatic nitrogens is 3. The summed E-state index contributed by atoms with van der Waals surface area (Å²) in [7, 11) is 0. The third kappa shape index (κ3) is 6.92. The van der Waals surface area contributed by atoms with E-state index >= 15 is 0 Å². The molecule has 0 radical (unpaired) electrons. The lowest BCUT2D eigenvalue weighted by Crippen LogP contribution is -2.59. The zero-order valence-corrected chi connectivity index (χ0v) is 21.6. The van der Waals surface area contributed by atoms with E-state index in [4.69, 9.17) is 21.1 Å². The van der Waals surface area contributed by atoms with Crippen LogP contribution in [-0.2, 0) is 22.3 Å². The minimum Gasteiger partial charge on any atom is -0.407 e. The maximum Gasteiger partial charge on any atom is 0.418 e. The second-order valence-electron chi connectivity index (χ2n) is 8.85. The summed E-state index contributed by atoms with van der Waals surface area (Å²) in [6.45, 7) is 3.59. The molecule has 3 aromatic rings. The van der Waals surface area contributed by atoms with Gasteiger partial charge in [0.15, 0.2) is 5.75 Å². The molecule has 1 aromatic carbocycles. The largest absolute Gasteiger partial charge is 0.418 e. The Morgan fingerprint density at radius 1 is 1.13 bits per heavy atom. The fourth-order valence-corrected chi connectivity index (χ4v) is 4.04. The van der Waals surface area contributed by atoms with Gasteiger partial charge in [-0.1, -0.05) is 11.6 Å². The van der Waals surface area contributed by atoms with Gasteiger partial charge in [0.25, 0.3) is 0 Å². The van der Waals surface area contributed by atoms with Crippen molar-refractivity contribution in [2.45, 2.75) is 38.5 Å². The number of amides is 2. The summed E-state index contributed by atoms with van der Waals surface area (Å²) in [5.41, 5.74) is -1.02. The second-order valence-corrected chi connectivity index (χ2v) is 9.28. The first-order valence-corrected chi connectivity index (χ1v) is 12.1. The number of aryl methyl sites for hydroxylation is 2. The van der Waals surface area contributed by atoms with Gasteiger partial charge in [-0.05, 0) is 43.7 Å². The van der Waals surface area contributed by atoms with Gasteiger partial charge < -0.3 is 25.4 Å². The van der Waals surface area contributed by atoms with E-state index in [0.717, 1.165) is 6.07 Å². The molecule has 2 aromatic heterocycles. The van der Waals surface area contributed by atoms with Crippen LogP contribution < -0.4 is 20.7 Å². The van der Waals surface area contributed by atoms with Crippen LogP contribution in [0, 0.1) is 13.8 Å². The molecule has 0 saturated carbocycles. The first-order chi connectivity index (χ1) is 18.4. The molecule has 1 atom stereocenters. The molecule has 3 N–H and O–H groups in total. The van der Waals surface area contributed by atoms with Crippen LogP contribution in [0.4, 0.5) is 29.3 Å². The Hall–Kier alpha value is -3.97. The van der Waals surface area contributed by atoms with Gasteiger partial charge in [-0.3, -0.25) is 9.78 Å². The van der Waals surface area contributed by atoms with Crippen LogP contribution in [0.15, 0.2) is 42.9 Å². The maximum absolute atomic E-state index is 13.4. The van der Waals surface area contributed by atoms with Gasteiger partial charge in [0.05, 0.1) is 54.4 Å². The smallest absolute Gasteiger partial charge is 0.407 e. The zero-order chi connectivity index (χ0) is 28.2. The summed E-state index contributed by atoms with van der Waals surface area (Å²) in [6, 6.07) is 5.04. The number of anilines is 2. The van der Waals surface area contributed by atoms with E-state index in [0.29, 0.717) is 22.8 Å². The van der Waals surface area contributed by atoms with Crippen molar-refractivity contribution in [1.29, 1.82) is 0 Å². The van der Waals surface area contributed by atoms with Crippen molar-refractivity contribution >= 4 is 35.0 Å². The lowest BCUT2D eigenvalue weighted by Gasteiger charge is -2.27. The fraction of sp³-hybridized carbons (Fsp3) is 0.320. The van der Waals surface area contributed by atoms with E-state index in [1.54, 1.807) is 19.9 Å². The number of rotatable bonds is 7. The number of alkyl halides is 3. The van der Waals surface area contributed by atoms with Crippen molar-refractivity contribution in [2.75, 3.05) is 18.5 Å². The highest BCUT2D eigenvalue weighted by Gasteiger charge is 2.44. The summed E-state index contributed by atoms with van der Waals surface area (Å²) in [5, 5.41) is 8.00. The van der Waals surface area contributed by atoms with Crippen molar-refractivity contribution in [1.82, 2.24) is 25.6 Å². The van der Waals surface area contributed by atoms with E-state index in [9.17, 15) is 22.8 Å². The first-order valence-electron chi connectivity index (χ1n) is 11.7. The van der Waals surface area contributed by atoms with E-state index < -0.39 is 29.3 Å². The number of pyridine rings is 1. The number of hydrogen-bond donors (Lipinski definition) is 3. The van der Waals surface area contributed by atoms with Crippen LogP contribution in [0.5, 0.6) is 5.75 Å². The Bertz CT molecular complexity index is 1360. The molecule has 0 aliphatic carbocycles. The van der Waals surface area contributed by atoms with Gasteiger partial charge in [-0.15, -0.1) is 0 Å². The third-order valence-electron chi connectivity index (χ3n) is 5.93. The number of nitrogens with zero attached hydrogens (tertiary/aromatic N) is 3. The number of halogens is 4. The number of benzene rings is 1. The SMILES string of the molecule is Cc1ncc(OC(=O)N[C@@]2(C(=O)NCc3ncc(Nc4ccc(Cl)cc4C(F)(F)F)cc3C)CCOC2)cn1. The molecule has 1 fully saturated rings. The molecule has 3 heterocycles. The number of carbonyl (C=O) groups is 2. The van der Waals surface area contributed by atoms with Gasteiger partial charge in [0.2, 0.25) is 5.91 Å². The first kappa shape index (κ1) is 28.0. The predicted molar refractivity (Wildman–Crippen MR) is 135 cm³/mol. The van der Waals surface area contributed by atoms with Crippen molar-refractivity contribution in [2.24, 2.45) is 0 Å². The zero-order valence-electron chi connectivity index (χ0n) is 20.9. The molecule has 206 valence electrons. The summed E-state index contributed by atoms with van der Waals surface area (Å²) >= 11 is 5.74. The van der Waals surface area contributed by atoms with E-state index in [-0.39, 0.29) is 42.6 Å². The van der Waals surface area contributed by atoms with Crippen LogP contribution in [0.1, 0.15) is 29.1 Å². The van der Waals surface area contributed by atoms with Crippen LogP contribution >= 0.6 is 11.6 Å². The monoisotopic (exact) mass is 564 g/mol. The molecule has 2 amide bonds. The molecule has 1 aliphatic rings. The number of hydrogen-bond acceptors (Lipinski definition) is 8. The standard InChI is InChI=1S/C25H24ClF3N6O4/c1-14-7-17(34-20-4-3-16(26)8-19(20)25(27,28)29)9-32-21(14)12-33-22(36)24(5-6-38-13-24)35-23(37)39-18-10-30-15(2)31-11-18/h3-4,7-11,34H,5-6,12-13H2,1-2H3,(H,33,36)(H,35,37)/t24-/m0/s1. The maximum atomic E-state index is 13.4. The molecule has 1 aliphatic heterocycles. The minimum absolute atomic E-state index is 0.00394.